The molecule has 0 saturated carbocycles. The van der Waals surface area contributed by atoms with E-state index in [9.17, 15) is 13.2 Å². The molecular weight excluding hydrogens is 388 g/mol. The third kappa shape index (κ3) is 5.45. The van der Waals surface area contributed by atoms with E-state index in [-0.39, 0.29) is 11.4 Å². The van der Waals surface area contributed by atoms with Gasteiger partial charge in [0.15, 0.2) is 0 Å². The van der Waals surface area contributed by atoms with Crippen LogP contribution in [0.15, 0.2) is 47.4 Å². The minimum Gasteiger partial charge on any atom is -0.495 e. The number of ether oxygens (including phenoxy) is 1. The summed E-state index contributed by atoms with van der Waals surface area (Å²) >= 11 is 5.94. The first kappa shape index (κ1) is 21.2. The average Bonchev–Trinajstić information content (AvgIpc) is 2.62. The van der Waals surface area contributed by atoms with E-state index in [4.69, 9.17) is 16.3 Å². The molecule has 2 aromatic rings. The molecule has 1 N–H and O–H groups in total. The summed E-state index contributed by atoms with van der Waals surface area (Å²) in [4.78, 5) is 12.5. The highest BCUT2D eigenvalue weighted by atomic mass is 35.5. The number of halogens is 1. The predicted molar refractivity (Wildman–Crippen MR) is 107 cm³/mol. The highest BCUT2D eigenvalue weighted by Gasteiger charge is 2.23. The van der Waals surface area contributed by atoms with Crippen molar-refractivity contribution < 1.29 is 17.9 Å². The summed E-state index contributed by atoms with van der Waals surface area (Å²) in [6.07, 6.45) is 1.87. The van der Waals surface area contributed by atoms with Gasteiger partial charge in [-0.25, -0.2) is 8.42 Å². The fourth-order valence-corrected chi connectivity index (χ4v) is 3.85. The van der Waals surface area contributed by atoms with Crippen molar-refractivity contribution in [2.45, 2.75) is 24.7 Å². The maximum atomic E-state index is 12.7. The Morgan fingerprint density at radius 1 is 1.19 bits per heavy atom. The maximum Gasteiger partial charge on any atom is 0.243 e. The first-order chi connectivity index (χ1) is 12.8. The molecule has 6 nitrogen and oxygen atoms in total. The van der Waals surface area contributed by atoms with Crippen molar-refractivity contribution in [2.24, 2.45) is 0 Å². The van der Waals surface area contributed by atoms with Crippen LogP contribution in [0.4, 0.5) is 5.69 Å². The van der Waals surface area contributed by atoms with Crippen molar-refractivity contribution in [3.63, 3.8) is 0 Å². The Kier molecular flexibility index (Phi) is 7.24. The Morgan fingerprint density at radius 3 is 2.44 bits per heavy atom. The third-order valence-corrected chi connectivity index (χ3v) is 6.02. The van der Waals surface area contributed by atoms with Crippen molar-refractivity contribution in [3.8, 4) is 5.75 Å². The van der Waals surface area contributed by atoms with E-state index < -0.39 is 15.9 Å². The zero-order chi connectivity index (χ0) is 20.0. The monoisotopic (exact) mass is 410 g/mol. The van der Waals surface area contributed by atoms with Crippen LogP contribution >= 0.6 is 11.6 Å². The Balaban J connectivity index is 2.09. The molecule has 2 aromatic carbocycles. The number of hydrogen-bond acceptors (Lipinski definition) is 4. The molecule has 0 aliphatic rings. The summed E-state index contributed by atoms with van der Waals surface area (Å²) in [5.41, 5.74) is 1.45. The van der Waals surface area contributed by atoms with Gasteiger partial charge in [-0.1, -0.05) is 37.1 Å². The van der Waals surface area contributed by atoms with Crippen LogP contribution in [0.1, 0.15) is 18.9 Å². The number of hydrogen-bond donors (Lipinski definition) is 1. The fourth-order valence-electron chi connectivity index (χ4n) is 2.55. The quantitative estimate of drug-likeness (QED) is 0.721. The number of benzene rings is 2. The first-order valence-electron chi connectivity index (χ1n) is 8.46. The molecule has 0 saturated heterocycles. The van der Waals surface area contributed by atoms with E-state index in [1.54, 1.807) is 42.5 Å². The van der Waals surface area contributed by atoms with E-state index >= 15 is 0 Å². The molecule has 0 aliphatic heterocycles. The van der Waals surface area contributed by atoms with Crippen LogP contribution < -0.4 is 10.1 Å². The summed E-state index contributed by atoms with van der Waals surface area (Å²) in [5.74, 6) is -0.0611. The van der Waals surface area contributed by atoms with Gasteiger partial charge in [-0.2, -0.15) is 4.31 Å². The number of rotatable bonds is 8. The van der Waals surface area contributed by atoms with Crippen molar-refractivity contribution in [1.82, 2.24) is 4.31 Å². The summed E-state index contributed by atoms with van der Waals surface area (Å²) in [6, 6.07) is 11.5. The van der Waals surface area contributed by atoms with Crippen molar-refractivity contribution in [1.29, 1.82) is 0 Å². The van der Waals surface area contributed by atoms with Crippen molar-refractivity contribution >= 4 is 33.2 Å². The largest absolute Gasteiger partial charge is 0.495 e. The molecular formula is C19H23ClN2O4S. The van der Waals surface area contributed by atoms with Crippen molar-refractivity contribution in [2.75, 3.05) is 26.0 Å². The molecule has 0 aliphatic carbocycles. The maximum absolute atomic E-state index is 12.7. The van der Waals surface area contributed by atoms with Gasteiger partial charge in [0, 0.05) is 12.1 Å². The minimum atomic E-state index is -3.77. The van der Waals surface area contributed by atoms with Crippen LogP contribution in [-0.4, -0.2) is 39.3 Å². The second-order valence-corrected chi connectivity index (χ2v) is 8.53. The number of sulfonamides is 1. The minimum absolute atomic E-state index is 0.151. The number of nitrogens with zero attached hydrogens (tertiary/aromatic N) is 1. The second-order valence-electron chi connectivity index (χ2n) is 6.05. The number of amides is 1. The lowest BCUT2D eigenvalue weighted by Crippen LogP contribution is -2.35. The first-order valence-corrected chi connectivity index (χ1v) is 10.3. The third-order valence-electron chi connectivity index (χ3n) is 3.97. The highest BCUT2D eigenvalue weighted by Crippen LogP contribution is 2.27. The van der Waals surface area contributed by atoms with Crippen LogP contribution in [-0.2, 0) is 21.2 Å². The number of nitrogens with one attached hydrogen (secondary N) is 1. The molecule has 0 aromatic heterocycles. The summed E-state index contributed by atoms with van der Waals surface area (Å²) < 4.78 is 31.5. The van der Waals surface area contributed by atoms with Gasteiger partial charge in [-0.3, -0.25) is 4.79 Å². The smallest absolute Gasteiger partial charge is 0.243 e. The number of carbonyl (C=O) groups excluding carboxylic acids is 1. The van der Waals surface area contributed by atoms with E-state index in [0.29, 0.717) is 16.5 Å². The molecule has 146 valence electrons. The van der Waals surface area contributed by atoms with E-state index in [1.807, 2.05) is 0 Å². The summed E-state index contributed by atoms with van der Waals surface area (Å²) in [6.45, 7) is 1.72. The molecule has 0 atom stereocenters. The lowest BCUT2D eigenvalue weighted by molar-refractivity contribution is -0.116. The molecule has 0 bridgehead atoms. The number of likely N-dealkylation sites (N-methyl/N-ethyl adjacent to an activating group) is 1. The van der Waals surface area contributed by atoms with Gasteiger partial charge < -0.3 is 10.1 Å². The van der Waals surface area contributed by atoms with Gasteiger partial charge in [0.1, 0.15) is 5.75 Å². The molecule has 0 radical (unpaired) electrons. The predicted octanol–water partition coefficient (Wildman–Crippen LogP) is 3.56. The van der Waals surface area contributed by atoms with Crippen molar-refractivity contribution in [3.05, 3.63) is 53.1 Å². The lowest BCUT2D eigenvalue weighted by Gasteiger charge is -2.18. The fraction of sp³-hybridized carbons (Fsp3) is 0.316. The number of anilines is 1. The summed E-state index contributed by atoms with van der Waals surface area (Å²) in [5, 5.41) is 3.06. The van der Waals surface area contributed by atoms with E-state index in [0.717, 1.165) is 22.7 Å². The molecule has 1 amide bonds. The van der Waals surface area contributed by atoms with E-state index in [1.165, 1.54) is 14.2 Å². The number of aryl methyl sites for hydroxylation is 1. The van der Waals surface area contributed by atoms with Crippen LogP contribution in [0.5, 0.6) is 5.75 Å². The van der Waals surface area contributed by atoms with Gasteiger partial charge in [0.2, 0.25) is 15.9 Å². The molecule has 0 unspecified atom stereocenters. The molecule has 0 heterocycles. The van der Waals surface area contributed by atoms with Gasteiger partial charge in [-0.05, 0) is 42.3 Å². The SMILES string of the molecule is CCCc1ccc(S(=O)(=O)N(C)CC(=O)Nc2cc(Cl)ccc2OC)cc1. The Morgan fingerprint density at radius 2 is 1.85 bits per heavy atom. The second kappa shape index (κ2) is 9.21. The number of carbonyl (C=O) groups is 1. The van der Waals surface area contributed by atoms with Crippen LogP contribution in [0.25, 0.3) is 0 Å². The topological polar surface area (TPSA) is 75.7 Å². The highest BCUT2D eigenvalue weighted by molar-refractivity contribution is 7.89. The summed E-state index contributed by atoms with van der Waals surface area (Å²) in [7, 11) is -0.932. The average molecular weight is 411 g/mol. The molecule has 8 heteroatoms. The zero-order valence-electron chi connectivity index (χ0n) is 15.5. The molecule has 0 spiro atoms. The Labute approximate surface area is 165 Å². The Hall–Kier alpha value is -2.09. The molecule has 2 rings (SSSR count). The Bertz CT molecular complexity index is 898. The van der Waals surface area contributed by atoms with Crippen LogP contribution in [0.3, 0.4) is 0 Å². The van der Waals surface area contributed by atoms with Gasteiger partial charge >= 0.3 is 0 Å². The normalized spacial score (nSPS) is 11.4. The van der Waals surface area contributed by atoms with Gasteiger partial charge in [-0.15, -0.1) is 0 Å². The molecule has 27 heavy (non-hydrogen) atoms. The van der Waals surface area contributed by atoms with Crippen LogP contribution in [0.2, 0.25) is 5.02 Å². The van der Waals surface area contributed by atoms with E-state index in [2.05, 4.69) is 12.2 Å². The number of methoxy groups -OCH3 is 1. The molecule has 0 fully saturated rings. The van der Waals surface area contributed by atoms with Crippen LogP contribution in [0, 0.1) is 0 Å². The zero-order valence-corrected chi connectivity index (χ0v) is 17.1. The van der Waals surface area contributed by atoms with Gasteiger partial charge in [0.25, 0.3) is 0 Å². The standard InChI is InChI=1S/C19H23ClN2O4S/c1-4-5-14-6-9-16(10-7-14)27(24,25)22(2)13-19(23)21-17-12-15(20)8-11-18(17)26-3/h6-12H,4-5,13H2,1-3H3,(H,21,23). The van der Waals surface area contributed by atoms with Gasteiger partial charge in [0.05, 0.1) is 24.2 Å². The lowest BCUT2D eigenvalue weighted by atomic mass is 10.1.